The first-order valence-corrected chi connectivity index (χ1v) is 8.74. The first kappa shape index (κ1) is 15.0. The highest BCUT2D eigenvalue weighted by atomic mass is 79.9. The second-order valence-corrected chi connectivity index (χ2v) is 7.95. The maximum Gasteiger partial charge on any atom is 0.248 e. The fourth-order valence-electron chi connectivity index (χ4n) is 4.14. The predicted molar refractivity (Wildman–Crippen MR) is 83.8 cm³/mol. The van der Waals surface area contributed by atoms with E-state index < -0.39 is 5.92 Å². The second kappa shape index (κ2) is 5.49. The fraction of sp³-hybridized carbons (Fsp3) is 0.688. The normalized spacial score (nSPS) is 31.6. The summed E-state index contributed by atoms with van der Waals surface area (Å²) in [4.78, 5) is 9.34. The molecule has 1 saturated carbocycles. The number of piperazine rings is 1. The van der Waals surface area contributed by atoms with Crippen molar-refractivity contribution in [1.82, 2.24) is 14.8 Å². The zero-order valence-corrected chi connectivity index (χ0v) is 14.0. The van der Waals surface area contributed by atoms with Gasteiger partial charge in [-0.25, -0.2) is 8.78 Å². The van der Waals surface area contributed by atoms with E-state index in [-0.39, 0.29) is 18.8 Å². The van der Waals surface area contributed by atoms with Crippen LogP contribution in [0, 0.1) is 5.92 Å². The molecule has 22 heavy (non-hydrogen) atoms. The molecular formula is C16H20BrF2N3. The second-order valence-electron chi connectivity index (χ2n) is 7.03. The molecule has 6 heteroatoms. The largest absolute Gasteiger partial charge is 0.294 e. The van der Waals surface area contributed by atoms with Crippen LogP contribution in [0.15, 0.2) is 22.8 Å². The van der Waals surface area contributed by atoms with Gasteiger partial charge in [-0.2, -0.15) is 0 Å². The third kappa shape index (κ3) is 2.93. The zero-order chi connectivity index (χ0) is 15.3. The molecule has 0 N–H and O–H groups in total. The molecule has 3 saturated heterocycles. The molecule has 4 heterocycles. The summed E-state index contributed by atoms with van der Waals surface area (Å²) in [6.07, 6.45) is 3.25. The Morgan fingerprint density at radius 2 is 1.95 bits per heavy atom. The van der Waals surface area contributed by atoms with E-state index in [1.54, 1.807) is 0 Å². The highest BCUT2D eigenvalue weighted by Crippen LogP contribution is 2.45. The molecule has 0 aromatic carbocycles. The lowest BCUT2D eigenvalue weighted by Crippen LogP contribution is -2.69. The van der Waals surface area contributed by atoms with Crippen molar-refractivity contribution in [3.63, 3.8) is 0 Å². The van der Waals surface area contributed by atoms with Crippen molar-refractivity contribution in [3.8, 4) is 0 Å². The molecule has 5 rings (SSSR count). The topological polar surface area (TPSA) is 19.4 Å². The Labute approximate surface area is 137 Å². The van der Waals surface area contributed by atoms with Crippen LogP contribution in [0.1, 0.15) is 25.0 Å². The van der Waals surface area contributed by atoms with E-state index in [0.717, 1.165) is 36.3 Å². The van der Waals surface area contributed by atoms with E-state index in [2.05, 4.69) is 36.8 Å². The van der Waals surface area contributed by atoms with Crippen LogP contribution in [0.2, 0.25) is 0 Å². The lowest BCUT2D eigenvalue weighted by Gasteiger charge is -2.58. The average Bonchev–Trinajstić information content (AvgIpc) is 2.45. The lowest BCUT2D eigenvalue weighted by atomic mass is 9.78. The molecule has 3 aliphatic heterocycles. The van der Waals surface area contributed by atoms with Crippen molar-refractivity contribution in [2.75, 3.05) is 19.6 Å². The fourth-order valence-corrected chi connectivity index (χ4v) is 4.38. The van der Waals surface area contributed by atoms with E-state index >= 15 is 0 Å². The van der Waals surface area contributed by atoms with Gasteiger partial charge in [-0.15, -0.1) is 0 Å². The van der Waals surface area contributed by atoms with Crippen LogP contribution >= 0.6 is 15.9 Å². The molecule has 1 aromatic rings. The highest BCUT2D eigenvalue weighted by Gasteiger charge is 2.50. The number of fused-ring (bicyclic) bond motifs is 2. The molecule has 0 amide bonds. The third-order valence-electron chi connectivity index (χ3n) is 5.24. The van der Waals surface area contributed by atoms with Gasteiger partial charge in [0.15, 0.2) is 0 Å². The third-order valence-corrected chi connectivity index (χ3v) is 5.71. The Bertz CT molecular complexity index is 531. The van der Waals surface area contributed by atoms with E-state index in [9.17, 15) is 8.78 Å². The maximum absolute atomic E-state index is 12.9. The van der Waals surface area contributed by atoms with Crippen molar-refractivity contribution in [2.45, 2.75) is 43.8 Å². The molecule has 1 aliphatic carbocycles. The maximum atomic E-state index is 12.9. The quantitative estimate of drug-likeness (QED) is 0.810. The summed E-state index contributed by atoms with van der Waals surface area (Å²) >= 11 is 3.40. The number of aromatic nitrogens is 1. The Balaban J connectivity index is 1.28. The number of pyridine rings is 1. The Kier molecular flexibility index (Phi) is 3.74. The van der Waals surface area contributed by atoms with E-state index in [0.29, 0.717) is 12.1 Å². The molecular weight excluding hydrogens is 352 g/mol. The van der Waals surface area contributed by atoms with Crippen molar-refractivity contribution in [3.05, 3.63) is 28.5 Å². The minimum Gasteiger partial charge on any atom is -0.294 e. The predicted octanol–water partition coefficient (Wildman–Crippen LogP) is 3.15. The summed E-state index contributed by atoms with van der Waals surface area (Å²) in [7, 11) is 0. The van der Waals surface area contributed by atoms with Crippen molar-refractivity contribution >= 4 is 15.9 Å². The van der Waals surface area contributed by atoms with Crippen LogP contribution in [-0.4, -0.2) is 52.4 Å². The first-order chi connectivity index (χ1) is 10.5. The Hall–Kier alpha value is -0.590. The molecule has 4 fully saturated rings. The molecule has 4 aliphatic rings. The number of nitrogens with zero attached hydrogens (tertiary/aromatic N) is 3. The number of piperidine rings is 1. The van der Waals surface area contributed by atoms with Crippen molar-refractivity contribution in [2.24, 2.45) is 5.92 Å². The van der Waals surface area contributed by atoms with Crippen LogP contribution in [0.5, 0.6) is 0 Å². The SMILES string of the molecule is FC1(F)CC(CN2C3CC2CN(Cc2ccc(Br)cn2)C3)C1. The van der Waals surface area contributed by atoms with Gasteiger partial charge in [0.05, 0.1) is 5.69 Å². The van der Waals surface area contributed by atoms with Gasteiger partial charge in [-0.1, -0.05) is 0 Å². The monoisotopic (exact) mass is 371 g/mol. The number of rotatable bonds is 4. The van der Waals surface area contributed by atoms with Gasteiger partial charge in [0.1, 0.15) is 0 Å². The van der Waals surface area contributed by atoms with Crippen LogP contribution in [-0.2, 0) is 6.54 Å². The molecule has 1 aromatic heterocycles. The Morgan fingerprint density at radius 1 is 1.23 bits per heavy atom. The van der Waals surface area contributed by atoms with E-state index in [4.69, 9.17) is 0 Å². The van der Waals surface area contributed by atoms with E-state index in [1.807, 2.05) is 12.3 Å². The molecule has 3 nitrogen and oxygen atoms in total. The first-order valence-electron chi connectivity index (χ1n) is 7.95. The van der Waals surface area contributed by atoms with Crippen LogP contribution < -0.4 is 0 Å². The molecule has 120 valence electrons. The zero-order valence-electron chi connectivity index (χ0n) is 12.4. The minimum atomic E-state index is -2.38. The number of alkyl halides is 2. The number of hydrogen-bond donors (Lipinski definition) is 0. The average molecular weight is 372 g/mol. The smallest absolute Gasteiger partial charge is 0.248 e. The van der Waals surface area contributed by atoms with Crippen LogP contribution in [0.4, 0.5) is 8.78 Å². The van der Waals surface area contributed by atoms with Gasteiger partial charge in [-0.3, -0.25) is 14.8 Å². The molecule has 2 unspecified atom stereocenters. The number of halogens is 3. The van der Waals surface area contributed by atoms with Gasteiger partial charge in [0.2, 0.25) is 5.92 Å². The van der Waals surface area contributed by atoms with Crippen molar-refractivity contribution in [1.29, 1.82) is 0 Å². The van der Waals surface area contributed by atoms with Crippen molar-refractivity contribution < 1.29 is 8.78 Å². The summed E-state index contributed by atoms with van der Waals surface area (Å²) in [6.45, 7) is 3.83. The molecule has 2 atom stereocenters. The summed E-state index contributed by atoms with van der Waals surface area (Å²) in [5, 5.41) is 0. The van der Waals surface area contributed by atoms with E-state index in [1.165, 1.54) is 6.42 Å². The standard InChI is InChI=1S/C16H20BrF2N3/c17-12-1-2-13(20-6-12)8-21-9-14-3-15(10-21)22(14)7-11-4-16(18,19)5-11/h1-2,6,11,14-15H,3-5,7-10H2. The van der Waals surface area contributed by atoms with Gasteiger partial charge >= 0.3 is 0 Å². The highest BCUT2D eigenvalue weighted by molar-refractivity contribution is 9.10. The molecule has 0 spiro atoms. The van der Waals surface area contributed by atoms with Crippen LogP contribution in [0.3, 0.4) is 0 Å². The van der Waals surface area contributed by atoms with Gasteiger partial charge in [0, 0.05) is 61.8 Å². The molecule has 2 bridgehead atoms. The Morgan fingerprint density at radius 3 is 2.55 bits per heavy atom. The van der Waals surface area contributed by atoms with Gasteiger partial charge in [-0.05, 0) is 40.4 Å². The molecule has 0 radical (unpaired) electrons. The van der Waals surface area contributed by atoms with Crippen LogP contribution in [0.25, 0.3) is 0 Å². The van der Waals surface area contributed by atoms with Gasteiger partial charge < -0.3 is 0 Å². The summed E-state index contributed by atoms with van der Waals surface area (Å²) in [5.74, 6) is -2.18. The minimum absolute atomic E-state index is 0.0927. The summed E-state index contributed by atoms with van der Waals surface area (Å²) < 4.78 is 26.9. The summed E-state index contributed by atoms with van der Waals surface area (Å²) in [6, 6.07) is 5.20. The summed E-state index contributed by atoms with van der Waals surface area (Å²) in [5.41, 5.74) is 1.09. The lowest BCUT2D eigenvalue weighted by molar-refractivity contribution is -0.143. The number of hydrogen-bond acceptors (Lipinski definition) is 3. The van der Waals surface area contributed by atoms with Gasteiger partial charge in [0.25, 0.3) is 0 Å².